The molecular formula is C12H16N2O3. The van der Waals surface area contributed by atoms with Gasteiger partial charge in [-0.2, -0.15) is 0 Å². The van der Waals surface area contributed by atoms with E-state index in [-0.39, 0.29) is 10.6 Å². The van der Waals surface area contributed by atoms with Crippen molar-refractivity contribution in [2.45, 2.75) is 13.3 Å². The van der Waals surface area contributed by atoms with Crippen molar-refractivity contribution in [1.82, 2.24) is 5.32 Å². The lowest BCUT2D eigenvalue weighted by molar-refractivity contribution is -0.385. The number of nitro groups is 1. The Labute approximate surface area is 99.9 Å². The Morgan fingerprint density at radius 3 is 2.88 bits per heavy atom. The van der Waals surface area contributed by atoms with Gasteiger partial charge in [-0.05, 0) is 44.5 Å². The van der Waals surface area contributed by atoms with E-state index >= 15 is 0 Å². The third-order valence-electron chi connectivity index (χ3n) is 3.04. The van der Waals surface area contributed by atoms with Crippen molar-refractivity contribution in [2.75, 3.05) is 19.7 Å². The molecule has 1 fully saturated rings. The minimum absolute atomic E-state index is 0.118. The van der Waals surface area contributed by atoms with E-state index < -0.39 is 0 Å². The van der Waals surface area contributed by atoms with Crippen molar-refractivity contribution in [3.8, 4) is 5.75 Å². The van der Waals surface area contributed by atoms with Gasteiger partial charge in [0.1, 0.15) is 5.75 Å². The third-order valence-corrected chi connectivity index (χ3v) is 3.04. The van der Waals surface area contributed by atoms with Crippen molar-refractivity contribution in [3.05, 3.63) is 33.9 Å². The standard InChI is InChI=1S/C12H16N2O3/c1-9-2-3-11(6-12(9)14(15)16)17-5-4-10-7-13-8-10/h2-3,6,10,13H,4-5,7-8H2,1H3. The minimum Gasteiger partial charge on any atom is -0.493 e. The molecule has 2 rings (SSSR count). The molecule has 1 aliphatic heterocycles. The van der Waals surface area contributed by atoms with Crippen LogP contribution in [0.4, 0.5) is 5.69 Å². The number of nitro benzene ring substituents is 1. The molecule has 1 heterocycles. The van der Waals surface area contributed by atoms with Gasteiger partial charge < -0.3 is 10.1 Å². The molecule has 0 radical (unpaired) electrons. The van der Waals surface area contributed by atoms with E-state index in [0.717, 1.165) is 19.5 Å². The van der Waals surface area contributed by atoms with Gasteiger partial charge in [-0.1, -0.05) is 0 Å². The highest BCUT2D eigenvalue weighted by Crippen LogP contribution is 2.24. The van der Waals surface area contributed by atoms with E-state index in [1.807, 2.05) is 0 Å². The Bertz CT molecular complexity index is 416. The van der Waals surface area contributed by atoms with Crippen molar-refractivity contribution >= 4 is 5.69 Å². The number of rotatable bonds is 5. The summed E-state index contributed by atoms with van der Waals surface area (Å²) in [5.41, 5.74) is 0.776. The number of hydrogen-bond donors (Lipinski definition) is 1. The van der Waals surface area contributed by atoms with Crippen LogP contribution in [0.25, 0.3) is 0 Å². The van der Waals surface area contributed by atoms with E-state index in [2.05, 4.69) is 5.32 Å². The van der Waals surface area contributed by atoms with Crippen LogP contribution in [0.3, 0.4) is 0 Å². The number of benzene rings is 1. The second-order valence-corrected chi connectivity index (χ2v) is 4.37. The molecule has 0 aliphatic carbocycles. The van der Waals surface area contributed by atoms with Crippen LogP contribution < -0.4 is 10.1 Å². The fourth-order valence-corrected chi connectivity index (χ4v) is 1.77. The van der Waals surface area contributed by atoms with Gasteiger partial charge >= 0.3 is 0 Å². The summed E-state index contributed by atoms with van der Waals surface area (Å²) in [7, 11) is 0. The van der Waals surface area contributed by atoms with Gasteiger partial charge in [0.25, 0.3) is 5.69 Å². The van der Waals surface area contributed by atoms with Crippen molar-refractivity contribution in [1.29, 1.82) is 0 Å². The van der Waals surface area contributed by atoms with Crippen LogP contribution in [0, 0.1) is 23.0 Å². The monoisotopic (exact) mass is 236 g/mol. The second-order valence-electron chi connectivity index (χ2n) is 4.37. The zero-order chi connectivity index (χ0) is 12.3. The maximum atomic E-state index is 10.8. The SMILES string of the molecule is Cc1ccc(OCCC2CNC2)cc1[N+](=O)[O-]. The van der Waals surface area contributed by atoms with Gasteiger partial charge in [-0.3, -0.25) is 10.1 Å². The summed E-state index contributed by atoms with van der Waals surface area (Å²) in [6, 6.07) is 4.99. The summed E-state index contributed by atoms with van der Waals surface area (Å²) in [5.74, 6) is 1.27. The van der Waals surface area contributed by atoms with Crippen LogP contribution in [0.2, 0.25) is 0 Å². The summed E-state index contributed by atoms with van der Waals surface area (Å²) in [6.07, 6.45) is 0.995. The molecule has 1 aliphatic rings. The number of hydrogen-bond acceptors (Lipinski definition) is 4. The first-order chi connectivity index (χ1) is 8.16. The highest BCUT2D eigenvalue weighted by molar-refractivity contribution is 5.45. The average Bonchev–Trinajstić information content (AvgIpc) is 2.23. The lowest BCUT2D eigenvalue weighted by Crippen LogP contribution is -2.42. The normalized spacial score (nSPS) is 15.4. The number of nitrogens with one attached hydrogen (secondary N) is 1. The summed E-state index contributed by atoms with van der Waals surface area (Å²) in [4.78, 5) is 10.4. The van der Waals surface area contributed by atoms with Crippen molar-refractivity contribution < 1.29 is 9.66 Å². The van der Waals surface area contributed by atoms with E-state index in [1.165, 1.54) is 6.07 Å². The molecule has 0 bridgehead atoms. The van der Waals surface area contributed by atoms with Crippen LogP contribution in [-0.4, -0.2) is 24.6 Å². The Morgan fingerprint density at radius 1 is 1.53 bits per heavy atom. The Morgan fingerprint density at radius 2 is 2.29 bits per heavy atom. The fraction of sp³-hybridized carbons (Fsp3) is 0.500. The quantitative estimate of drug-likeness (QED) is 0.626. The number of nitrogens with zero attached hydrogens (tertiary/aromatic N) is 1. The van der Waals surface area contributed by atoms with E-state index in [0.29, 0.717) is 23.8 Å². The average molecular weight is 236 g/mol. The van der Waals surface area contributed by atoms with Gasteiger partial charge in [-0.15, -0.1) is 0 Å². The van der Waals surface area contributed by atoms with Gasteiger partial charge in [0.15, 0.2) is 0 Å². The summed E-state index contributed by atoms with van der Waals surface area (Å²) >= 11 is 0. The van der Waals surface area contributed by atoms with Crippen LogP contribution in [0.5, 0.6) is 5.75 Å². The van der Waals surface area contributed by atoms with Gasteiger partial charge in [-0.25, -0.2) is 0 Å². The molecule has 17 heavy (non-hydrogen) atoms. The van der Waals surface area contributed by atoms with Crippen LogP contribution in [0.1, 0.15) is 12.0 Å². The van der Waals surface area contributed by atoms with E-state index in [4.69, 9.17) is 4.74 Å². The van der Waals surface area contributed by atoms with E-state index in [9.17, 15) is 10.1 Å². The molecule has 1 aromatic rings. The molecule has 1 saturated heterocycles. The van der Waals surface area contributed by atoms with Crippen LogP contribution >= 0.6 is 0 Å². The second kappa shape index (κ2) is 5.14. The molecule has 0 spiro atoms. The highest BCUT2D eigenvalue weighted by atomic mass is 16.6. The summed E-state index contributed by atoms with van der Waals surface area (Å²) in [6.45, 7) is 4.45. The van der Waals surface area contributed by atoms with Gasteiger partial charge in [0.05, 0.1) is 17.6 Å². The predicted molar refractivity (Wildman–Crippen MR) is 64.3 cm³/mol. The Hall–Kier alpha value is -1.62. The molecule has 1 N–H and O–H groups in total. The molecule has 0 unspecified atom stereocenters. The van der Waals surface area contributed by atoms with Crippen molar-refractivity contribution in [3.63, 3.8) is 0 Å². The first kappa shape index (κ1) is 11.9. The smallest absolute Gasteiger partial charge is 0.275 e. The lowest BCUT2D eigenvalue weighted by atomic mass is 10.0. The maximum absolute atomic E-state index is 10.8. The molecule has 0 atom stereocenters. The summed E-state index contributed by atoms with van der Waals surface area (Å²) < 4.78 is 5.53. The minimum atomic E-state index is -0.377. The van der Waals surface area contributed by atoms with Crippen LogP contribution in [0.15, 0.2) is 18.2 Å². The van der Waals surface area contributed by atoms with Gasteiger partial charge in [0.2, 0.25) is 0 Å². The first-order valence-electron chi connectivity index (χ1n) is 5.75. The maximum Gasteiger partial charge on any atom is 0.275 e. The van der Waals surface area contributed by atoms with Crippen molar-refractivity contribution in [2.24, 2.45) is 5.92 Å². The van der Waals surface area contributed by atoms with E-state index in [1.54, 1.807) is 19.1 Å². The van der Waals surface area contributed by atoms with Crippen LogP contribution in [-0.2, 0) is 0 Å². The topological polar surface area (TPSA) is 64.4 Å². The molecule has 5 heteroatoms. The molecule has 0 aromatic heterocycles. The number of aryl methyl sites for hydroxylation is 1. The lowest BCUT2D eigenvalue weighted by Gasteiger charge is -2.26. The molecule has 0 amide bonds. The van der Waals surface area contributed by atoms with Gasteiger partial charge in [0, 0.05) is 5.56 Å². The molecule has 92 valence electrons. The predicted octanol–water partition coefficient (Wildman–Crippen LogP) is 1.89. The Kier molecular flexibility index (Phi) is 3.58. The third kappa shape index (κ3) is 2.94. The number of ether oxygens (including phenoxy) is 1. The zero-order valence-corrected chi connectivity index (χ0v) is 9.81. The summed E-state index contributed by atoms with van der Waals surface area (Å²) in [5, 5.41) is 13.9. The first-order valence-corrected chi connectivity index (χ1v) is 5.75. The molecule has 0 saturated carbocycles. The molecule has 5 nitrogen and oxygen atoms in total. The highest BCUT2D eigenvalue weighted by Gasteiger charge is 2.16. The largest absolute Gasteiger partial charge is 0.493 e. The fourth-order valence-electron chi connectivity index (χ4n) is 1.77. The molecule has 1 aromatic carbocycles. The Balaban J connectivity index is 1.91. The molecular weight excluding hydrogens is 220 g/mol. The zero-order valence-electron chi connectivity index (χ0n) is 9.81.